The average molecular weight is 406 g/mol. The van der Waals surface area contributed by atoms with Gasteiger partial charge in [0.05, 0.1) is 24.7 Å². The minimum Gasteiger partial charge on any atom is -0.494 e. The van der Waals surface area contributed by atoms with Crippen LogP contribution in [0.1, 0.15) is 48.1 Å². The number of carbonyl (C=O) groups excluding carboxylic acids is 1. The van der Waals surface area contributed by atoms with Gasteiger partial charge in [0, 0.05) is 11.6 Å². The molecule has 152 valence electrons. The number of hydrogen-bond donors (Lipinski definition) is 0. The number of benzene rings is 1. The van der Waals surface area contributed by atoms with E-state index in [0.717, 1.165) is 24.4 Å². The number of hydrogen-bond acceptors (Lipinski definition) is 5. The van der Waals surface area contributed by atoms with E-state index in [-0.39, 0.29) is 30.0 Å². The first-order chi connectivity index (χ1) is 13.4. The van der Waals surface area contributed by atoms with E-state index in [1.807, 2.05) is 19.1 Å². The largest absolute Gasteiger partial charge is 0.494 e. The first-order valence-corrected chi connectivity index (χ1v) is 11.5. The van der Waals surface area contributed by atoms with Crippen LogP contribution in [0.3, 0.4) is 0 Å². The molecule has 0 spiro atoms. The van der Waals surface area contributed by atoms with Crippen LogP contribution in [0.15, 0.2) is 40.8 Å². The smallest absolute Gasteiger partial charge is 0.254 e. The third-order valence-electron chi connectivity index (χ3n) is 4.90. The van der Waals surface area contributed by atoms with Crippen molar-refractivity contribution in [2.45, 2.75) is 45.7 Å². The second-order valence-corrected chi connectivity index (χ2v) is 9.46. The molecule has 1 aliphatic rings. The molecule has 1 unspecified atom stereocenters. The summed E-state index contributed by atoms with van der Waals surface area (Å²) in [5.74, 6) is 2.04. The molecule has 1 aromatic heterocycles. The number of amides is 1. The number of carbonyl (C=O) groups is 1. The van der Waals surface area contributed by atoms with Crippen LogP contribution >= 0.6 is 0 Å². The molecule has 1 aromatic carbocycles. The third-order valence-corrected chi connectivity index (χ3v) is 6.65. The van der Waals surface area contributed by atoms with Gasteiger partial charge in [0.2, 0.25) is 0 Å². The van der Waals surface area contributed by atoms with E-state index in [2.05, 4.69) is 6.92 Å². The molecule has 2 heterocycles. The van der Waals surface area contributed by atoms with Crippen molar-refractivity contribution in [2.24, 2.45) is 0 Å². The van der Waals surface area contributed by atoms with E-state index in [9.17, 15) is 13.2 Å². The lowest BCUT2D eigenvalue weighted by molar-refractivity contribution is 0.0665. The number of ether oxygens (including phenoxy) is 1. The first kappa shape index (κ1) is 20.5. The molecule has 0 bridgehead atoms. The van der Waals surface area contributed by atoms with Crippen LogP contribution in [0, 0.1) is 6.92 Å². The Balaban J connectivity index is 1.77. The van der Waals surface area contributed by atoms with E-state index in [0.29, 0.717) is 24.4 Å². The zero-order valence-electron chi connectivity index (χ0n) is 16.4. The fourth-order valence-electron chi connectivity index (χ4n) is 3.32. The molecule has 1 aliphatic heterocycles. The highest BCUT2D eigenvalue weighted by Gasteiger charge is 2.35. The van der Waals surface area contributed by atoms with Gasteiger partial charge in [-0.25, -0.2) is 8.42 Å². The number of nitrogens with zero attached hydrogens (tertiary/aromatic N) is 1. The zero-order chi connectivity index (χ0) is 20.1. The van der Waals surface area contributed by atoms with Crippen LogP contribution in [0.2, 0.25) is 0 Å². The van der Waals surface area contributed by atoms with Crippen LogP contribution in [0.5, 0.6) is 5.75 Å². The van der Waals surface area contributed by atoms with Gasteiger partial charge in [-0.05, 0) is 56.2 Å². The fourth-order valence-corrected chi connectivity index (χ4v) is 5.05. The van der Waals surface area contributed by atoms with Gasteiger partial charge in [-0.1, -0.05) is 13.3 Å². The quantitative estimate of drug-likeness (QED) is 0.627. The Morgan fingerprint density at radius 1 is 1.21 bits per heavy atom. The molecular formula is C21H27NO5S. The molecule has 0 N–H and O–H groups in total. The van der Waals surface area contributed by atoms with Crippen molar-refractivity contribution in [2.75, 3.05) is 18.1 Å². The van der Waals surface area contributed by atoms with Crippen LogP contribution in [-0.2, 0) is 16.4 Å². The second kappa shape index (κ2) is 8.82. The fraction of sp³-hybridized carbons (Fsp3) is 0.476. The highest BCUT2D eigenvalue weighted by atomic mass is 32.2. The molecule has 1 saturated heterocycles. The maximum atomic E-state index is 13.2. The van der Waals surface area contributed by atoms with Crippen molar-refractivity contribution < 1.29 is 22.4 Å². The normalized spacial score (nSPS) is 18.1. The van der Waals surface area contributed by atoms with Gasteiger partial charge in [-0.2, -0.15) is 0 Å². The van der Waals surface area contributed by atoms with Gasteiger partial charge >= 0.3 is 0 Å². The highest BCUT2D eigenvalue weighted by Crippen LogP contribution is 2.24. The molecule has 1 atom stereocenters. The monoisotopic (exact) mass is 405 g/mol. The summed E-state index contributed by atoms with van der Waals surface area (Å²) < 4.78 is 35.2. The maximum absolute atomic E-state index is 13.2. The molecule has 1 fully saturated rings. The van der Waals surface area contributed by atoms with Crippen molar-refractivity contribution in [3.8, 4) is 5.75 Å². The molecule has 7 heteroatoms. The van der Waals surface area contributed by atoms with Crippen LogP contribution in [-0.4, -0.2) is 43.4 Å². The Hall–Kier alpha value is -2.28. The summed E-state index contributed by atoms with van der Waals surface area (Å²) in [6.07, 6.45) is 2.49. The van der Waals surface area contributed by atoms with Gasteiger partial charge in [0.25, 0.3) is 5.91 Å². The molecule has 2 aromatic rings. The third kappa shape index (κ3) is 5.16. The van der Waals surface area contributed by atoms with Gasteiger partial charge in [0.15, 0.2) is 9.84 Å². The predicted molar refractivity (Wildman–Crippen MR) is 107 cm³/mol. The van der Waals surface area contributed by atoms with Crippen molar-refractivity contribution in [3.05, 3.63) is 53.5 Å². The Morgan fingerprint density at radius 3 is 2.54 bits per heavy atom. The predicted octanol–water partition coefficient (Wildman–Crippen LogP) is 3.60. The molecular weight excluding hydrogens is 378 g/mol. The van der Waals surface area contributed by atoms with Crippen LogP contribution in [0.25, 0.3) is 0 Å². The molecule has 3 rings (SSSR count). The summed E-state index contributed by atoms with van der Waals surface area (Å²) in [5.41, 5.74) is 0.510. The average Bonchev–Trinajstić information content (AvgIpc) is 3.24. The summed E-state index contributed by atoms with van der Waals surface area (Å²) in [6.45, 7) is 4.84. The van der Waals surface area contributed by atoms with Gasteiger partial charge < -0.3 is 14.1 Å². The van der Waals surface area contributed by atoms with Crippen molar-refractivity contribution in [3.63, 3.8) is 0 Å². The summed E-state index contributed by atoms with van der Waals surface area (Å²) in [4.78, 5) is 14.8. The number of sulfone groups is 1. The maximum Gasteiger partial charge on any atom is 0.254 e. The van der Waals surface area contributed by atoms with Gasteiger partial charge in [-0.3, -0.25) is 4.79 Å². The van der Waals surface area contributed by atoms with E-state index in [1.54, 1.807) is 29.2 Å². The Labute approximate surface area is 166 Å². The molecule has 0 radical (unpaired) electrons. The number of aryl methyl sites for hydroxylation is 1. The van der Waals surface area contributed by atoms with Crippen LogP contribution < -0.4 is 4.74 Å². The topological polar surface area (TPSA) is 76.8 Å². The summed E-state index contributed by atoms with van der Waals surface area (Å²) in [6, 6.07) is 10.3. The minimum atomic E-state index is -3.11. The van der Waals surface area contributed by atoms with E-state index >= 15 is 0 Å². The second-order valence-electron chi connectivity index (χ2n) is 7.23. The first-order valence-electron chi connectivity index (χ1n) is 9.67. The number of rotatable bonds is 8. The van der Waals surface area contributed by atoms with Crippen LogP contribution in [0.4, 0.5) is 0 Å². The standard InChI is InChI=1S/C21H27NO5S/c1-3-4-12-26-19-9-6-17(7-10-19)21(23)22(14-20-8-5-16(2)27-20)18-11-13-28(24,25)15-18/h5-10,18H,3-4,11-15H2,1-2H3. The van der Waals surface area contributed by atoms with Gasteiger partial charge in [0.1, 0.15) is 17.3 Å². The lowest BCUT2D eigenvalue weighted by Crippen LogP contribution is -2.40. The van der Waals surface area contributed by atoms with Gasteiger partial charge in [-0.15, -0.1) is 0 Å². The highest BCUT2D eigenvalue weighted by molar-refractivity contribution is 7.91. The number of furan rings is 1. The summed E-state index contributed by atoms with van der Waals surface area (Å²) in [7, 11) is -3.11. The molecule has 1 amide bonds. The van der Waals surface area contributed by atoms with Crippen molar-refractivity contribution in [1.82, 2.24) is 4.90 Å². The Morgan fingerprint density at radius 2 is 1.96 bits per heavy atom. The lowest BCUT2D eigenvalue weighted by atomic mass is 10.1. The zero-order valence-corrected chi connectivity index (χ0v) is 17.2. The SMILES string of the molecule is CCCCOc1ccc(C(=O)N(Cc2ccc(C)o2)C2CCS(=O)(=O)C2)cc1. The Bertz CT molecular complexity index is 901. The molecule has 0 aliphatic carbocycles. The molecule has 0 saturated carbocycles. The summed E-state index contributed by atoms with van der Waals surface area (Å²) >= 11 is 0. The van der Waals surface area contributed by atoms with Crippen molar-refractivity contribution in [1.29, 1.82) is 0 Å². The lowest BCUT2D eigenvalue weighted by Gasteiger charge is -2.27. The minimum absolute atomic E-state index is 0.00333. The molecule has 6 nitrogen and oxygen atoms in total. The Kier molecular flexibility index (Phi) is 6.44. The molecule has 28 heavy (non-hydrogen) atoms. The van der Waals surface area contributed by atoms with E-state index < -0.39 is 9.84 Å². The summed E-state index contributed by atoms with van der Waals surface area (Å²) in [5, 5.41) is 0. The number of unbranched alkanes of at least 4 members (excludes halogenated alkanes) is 1. The van der Waals surface area contributed by atoms with E-state index in [4.69, 9.17) is 9.15 Å². The van der Waals surface area contributed by atoms with Crippen molar-refractivity contribution >= 4 is 15.7 Å². The van der Waals surface area contributed by atoms with E-state index in [1.165, 1.54) is 0 Å².